The maximum atomic E-state index is 10.8. The molecule has 0 heterocycles. The number of hydrogen-bond donors (Lipinski definition) is 3. The second-order valence-electron chi connectivity index (χ2n) is 8.15. The van der Waals surface area contributed by atoms with Crippen LogP contribution in [0.3, 0.4) is 0 Å². The lowest BCUT2D eigenvalue weighted by molar-refractivity contribution is -0.142. The predicted molar refractivity (Wildman–Crippen MR) is 88.8 cm³/mol. The predicted octanol–water partition coefficient (Wildman–Crippen LogP) is 2.32. The van der Waals surface area contributed by atoms with Crippen molar-refractivity contribution >= 4 is 5.97 Å². The summed E-state index contributed by atoms with van der Waals surface area (Å²) in [6.45, 7) is 0.455. The lowest BCUT2D eigenvalue weighted by Gasteiger charge is -2.60. The third-order valence-electron chi connectivity index (χ3n) is 5.98. The van der Waals surface area contributed by atoms with Crippen LogP contribution in [-0.2, 0) is 11.3 Å². The molecule has 0 spiro atoms. The van der Waals surface area contributed by atoms with Crippen molar-refractivity contribution in [2.75, 3.05) is 6.61 Å². The molecule has 5 nitrogen and oxygen atoms in total. The van der Waals surface area contributed by atoms with Crippen molar-refractivity contribution in [2.24, 2.45) is 11.8 Å². The fourth-order valence-corrected chi connectivity index (χ4v) is 5.56. The highest BCUT2D eigenvalue weighted by molar-refractivity contribution is 5.68. The average molecular weight is 331 g/mol. The number of carboxylic acids is 1. The van der Waals surface area contributed by atoms with Crippen molar-refractivity contribution in [3.63, 3.8) is 0 Å². The summed E-state index contributed by atoms with van der Waals surface area (Å²) in [5.74, 6) is 0.955. The molecule has 4 aliphatic carbocycles. The molecule has 1 aromatic carbocycles. The first kappa shape index (κ1) is 15.9. The lowest BCUT2D eigenvalue weighted by Crippen LogP contribution is -2.64. The largest absolute Gasteiger partial charge is 0.482 e. The summed E-state index contributed by atoms with van der Waals surface area (Å²) >= 11 is 0. The van der Waals surface area contributed by atoms with E-state index in [4.69, 9.17) is 9.84 Å². The maximum absolute atomic E-state index is 10.8. The third-order valence-corrected chi connectivity index (χ3v) is 5.98. The van der Waals surface area contributed by atoms with Crippen molar-refractivity contribution in [3.8, 4) is 5.75 Å². The third kappa shape index (κ3) is 3.15. The van der Waals surface area contributed by atoms with Gasteiger partial charge in [0.05, 0.1) is 5.60 Å². The van der Waals surface area contributed by atoms with Crippen LogP contribution in [0.4, 0.5) is 0 Å². The van der Waals surface area contributed by atoms with E-state index >= 15 is 0 Å². The highest BCUT2D eigenvalue weighted by atomic mass is 16.5. The minimum Gasteiger partial charge on any atom is -0.482 e. The van der Waals surface area contributed by atoms with Crippen LogP contribution in [0.5, 0.6) is 5.75 Å². The highest BCUT2D eigenvalue weighted by Crippen LogP contribution is 2.57. The summed E-state index contributed by atoms with van der Waals surface area (Å²) in [6, 6.07) is 7.57. The van der Waals surface area contributed by atoms with Crippen LogP contribution in [-0.4, -0.2) is 33.9 Å². The molecule has 0 aromatic heterocycles. The molecule has 5 heteroatoms. The van der Waals surface area contributed by atoms with Crippen molar-refractivity contribution in [1.82, 2.24) is 5.32 Å². The summed E-state index contributed by atoms with van der Waals surface area (Å²) in [7, 11) is 0. The maximum Gasteiger partial charge on any atom is 0.341 e. The van der Waals surface area contributed by atoms with Gasteiger partial charge in [-0.3, -0.25) is 0 Å². The van der Waals surface area contributed by atoms with Crippen LogP contribution in [0.15, 0.2) is 24.3 Å². The number of ether oxygens (including phenoxy) is 1. The molecule has 4 bridgehead atoms. The molecule has 24 heavy (non-hydrogen) atoms. The molecule has 130 valence electrons. The SMILES string of the molecule is O=C(O)COc1ccc(CNC23CC4CC(CC(O)(C4)C2)C3)cc1. The highest BCUT2D eigenvalue weighted by Gasteiger charge is 2.56. The molecule has 4 aliphatic rings. The quantitative estimate of drug-likeness (QED) is 0.745. The fourth-order valence-electron chi connectivity index (χ4n) is 5.56. The molecule has 2 unspecified atom stereocenters. The van der Waals surface area contributed by atoms with Gasteiger partial charge in [0.2, 0.25) is 0 Å². The standard InChI is InChI=1S/C19H25NO4/c21-17(22)11-24-16-3-1-13(2-4-16)10-20-18-6-14-5-15(7-18)9-19(23,8-14)12-18/h1-4,14-15,20,23H,5-12H2,(H,21,22). The minimum atomic E-state index is -0.972. The molecule has 0 amide bonds. The number of aliphatic hydroxyl groups is 1. The zero-order valence-corrected chi connectivity index (χ0v) is 13.8. The topological polar surface area (TPSA) is 78.8 Å². The van der Waals surface area contributed by atoms with Crippen LogP contribution < -0.4 is 10.1 Å². The zero-order chi connectivity index (χ0) is 16.8. The van der Waals surface area contributed by atoms with E-state index in [1.807, 2.05) is 24.3 Å². The van der Waals surface area contributed by atoms with Gasteiger partial charge in [0.25, 0.3) is 0 Å². The van der Waals surface area contributed by atoms with E-state index in [-0.39, 0.29) is 12.1 Å². The van der Waals surface area contributed by atoms with Gasteiger partial charge in [-0.25, -0.2) is 4.79 Å². The fraction of sp³-hybridized carbons (Fsp3) is 0.632. The van der Waals surface area contributed by atoms with E-state index in [1.54, 1.807) is 0 Å². The number of carboxylic acid groups (broad SMARTS) is 1. The molecule has 4 fully saturated rings. The molecule has 5 rings (SSSR count). The Morgan fingerprint density at radius 1 is 1.17 bits per heavy atom. The summed E-state index contributed by atoms with van der Waals surface area (Å²) in [5.41, 5.74) is 0.809. The summed E-state index contributed by atoms with van der Waals surface area (Å²) in [6.07, 6.45) is 6.52. The van der Waals surface area contributed by atoms with E-state index < -0.39 is 11.6 Å². The van der Waals surface area contributed by atoms with Crippen LogP contribution in [0.2, 0.25) is 0 Å². The number of benzene rings is 1. The van der Waals surface area contributed by atoms with E-state index in [2.05, 4.69) is 5.32 Å². The Balaban J connectivity index is 1.37. The summed E-state index contributed by atoms with van der Waals surface area (Å²) in [5, 5.41) is 23.2. The number of aliphatic carboxylic acids is 1. The van der Waals surface area contributed by atoms with E-state index in [0.29, 0.717) is 17.6 Å². The second kappa shape index (κ2) is 5.74. The number of carbonyl (C=O) groups is 1. The van der Waals surface area contributed by atoms with Crippen molar-refractivity contribution in [2.45, 2.75) is 56.2 Å². The minimum absolute atomic E-state index is 0.0946. The van der Waals surface area contributed by atoms with Gasteiger partial charge in [-0.1, -0.05) is 12.1 Å². The Bertz CT molecular complexity index is 613. The van der Waals surface area contributed by atoms with Crippen LogP contribution >= 0.6 is 0 Å². The summed E-state index contributed by atoms with van der Waals surface area (Å²) < 4.78 is 5.16. The molecule has 0 radical (unpaired) electrons. The Labute approximate surface area is 142 Å². The van der Waals surface area contributed by atoms with Gasteiger partial charge in [-0.15, -0.1) is 0 Å². The van der Waals surface area contributed by atoms with E-state index in [0.717, 1.165) is 31.4 Å². The Kier molecular flexibility index (Phi) is 3.81. The van der Waals surface area contributed by atoms with Gasteiger partial charge in [-0.2, -0.15) is 0 Å². The molecule has 0 saturated heterocycles. The molecular weight excluding hydrogens is 306 g/mol. The zero-order valence-electron chi connectivity index (χ0n) is 13.8. The molecule has 2 atom stereocenters. The molecule has 4 saturated carbocycles. The smallest absolute Gasteiger partial charge is 0.341 e. The number of nitrogens with one attached hydrogen (secondary N) is 1. The molecule has 3 N–H and O–H groups in total. The monoisotopic (exact) mass is 331 g/mol. The molecular formula is C19H25NO4. The van der Waals surface area contributed by atoms with Gasteiger partial charge in [0, 0.05) is 12.1 Å². The van der Waals surface area contributed by atoms with E-state index in [9.17, 15) is 9.90 Å². The van der Waals surface area contributed by atoms with Gasteiger partial charge >= 0.3 is 5.97 Å². The number of hydrogen-bond acceptors (Lipinski definition) is 4. The normalized spacial score (nSPS) is 36.7. The Morgan fingerprint density at radius 3 is 2.42 bits per heavy atom. The Morgan fingerprint density at radius 2 is 1.83 bits per heavy atom. The second-order valence-corrected chi connectivity index (χ2v) is 8.15. The van der Waals surface area contributed by atoms with Crippen LogP contribution in [0, 0.1) is 11.8 Å². The van der Waals surface area contributed by atoms with E-state index in [1.165, 1.54) is 19.3 Å². The number of rotatable bonds is 6. The first-order valence-corrected chi connectivity index (χ1v) is 8.85. The molecule has 1 aromatic rings. The van der Waals surface area contributed by atoms with Crippen molar-refractivity contribution in [3.05, 3.63) is 29.8 Å². The average Bonchev–Trinajstić information content (AvgIpc) is 2.49. The molecule has 0 aliphatic heterocycles. The van der Waals surface area contributed by atoms with Crippen LogP contribution in [0.1, 0.15) is 44.1 Å². The van der Waals surface area contributed by atoms with Gasteiger partial charge in [0.15, 0.2) is 6.61 Å². The van der Waals surface area contributed by atoms with Gasteiger partial charge in [0.1, 0.15) is 5.75 Å². The van der Waals surface area contributed by atoms with Crippen LogP contribution in [0.25, 0.3) is 0 Å². The Hall–Kier alpha value is -1.59. The van der Waals surface area contributed by atoms with Crippen molar-refractivity contribution in [1.29, 1.82) is 0 Å². The summed E-state index contributed by atoms with van der Waals surface area (Å²) in [4.78, 5) is 10.5. The first-order valence-electron chi connectivity index (χ1n) is 8.85. The first-order chi connectivity index (χ1) is 11.4. The van der Waals surface area contributed by atoms with Gasteiger partial charge < -0.3 is 20.3 Å². The lowest BCUT2D eigenvalue weighted by atomic mass is 9.51. The van der Waals surface area contributed by atoms with Crippen molar-refractivity contribution < 1.29 is 19.7 Å². The van der Waals surface area contributed by atoms with Gasteiger partial charge in [-0.05, 0) is 68.1 Å².